The van der Waals surface area contributed by atoms with Gasteiger partial charge in [0, 0.05) is 5.02 Å². The van der Waals surface area contributed by atoms with Gasteiger partial charge in [-0.1, -0.05) is 35.9 Å². The number of anilines is 1. The first-order valence-corrected chi connectivity index (χ1v) is 9.33. The molecule has 0 aliphatic rings. The molecule has 3 rings (SSSR count). The Balaban J connectivity index is 1.71. The SMILES string of the molecule is Cc1cc(C)c(C)c(OCC(=O)Nc2cc(Cl)ccc2Oc2ccccc2)c1. The van der Waals surface area contributed by atoms with Crippen molar-refractivity contribution in [1.29, 1.82) is 0 Å². The summed E-state index contributed by atoms with van der Waals surface area (Å²) in [5, 5.41) is 3.32. The lowest BCUT2D eigenvalue weighted by Crippen LogP contribution is -2.20. The summed E-state index contributed by atoms with van der Waals surface area (Å²) < 4.78 is 11.6. The number of aryl methyl sites for hydroxylation is 2. The quantitative estimate of drug-likeness (QED) is 0.550. The van der Waals surface area contributed by atoms with Gasteiger partial charge >= 0.3 is 0 Å². The molecule has 0 spiro atoms. The van der Waals surface area contributed by atoms with Crippen LogP contribution in [0.1, 0.15) is 16.7 Å². The minimum absolute atomic E-state index is 0.110. The van der Waals surface area contributed by atoms with E-state index in [9.17, 15) is 4.79 Å². The molecule has 1 amide bonds. The van der Waals surface area contributed by atoms with Crippen LogP contribution in [-0.4, -0.2) is 12.5 Å². The van der Waals surface area contributed by atoms with Crippen molar-refractivity contribution < 1.29 is 14.3 Å². The molecule has 4 nitrogen and oxygen atoms in total. The van der Waals surface area contributed by atoms with E-state index in [4.69, 9.17) is 21.1 Å². The van der Waals surface area contributed by atoms with Gasteiger partial charge < -0.3 is 14.8 Å². The topological polar surface area (TPSA) is 47.6 Å². The van der Waals surface area contributed by atoms with Gasteiger partial charge in [-0.05, 0) is 73.9 Å². The van der Waals surface area contributed by atoms with Crippen LogP contribution in [0.3, 0.4) is 0 Å². The normalized spacial score (nSPS) is 10.4. The second kappa shape index (κ2) is 8.81. The third-order valence-corrected chi connectivity index (χ3v) is 4.54. The minimum Gasteiger partial charge on any atom is -0.483 e. The Kier molecular flexibility index (Phi) is 6.22. The van der Waals surface area contributed by atoms with Crippen molar-refractivity contribution in [3.05, 3.63) is 82.4 Å². The lowest BCUT2D eigenvalue weighted by atomic mass is 10.1. The van der Waals surface area contributed by atoms with Crippen LogP contribution in [0.2, 0.25) is 5.02 Å². The van der Waals surface area contributed by atoms with Gasteiger partial charge in [-0.3, -0.25) is 4.79 Å². The van der Waals surface area contributed by atoms with Crippen LogP contribution < -0.4 is 14.8 Å². The van der Waals surface area contributed by atoms with Gasteiger partial charge in [0.2, 0.25) is 0 Å². The highest BCUT2D eigenvalue weighted by molar-refractivity contribution is 6.31. The summed E-state index contributed by atoms with van der Waals surface area (Å²) in [5.74, 6) is 1.59. The van der Waals surface area contributed by atoms with Gasteiger partial charge in [0.25, 0.3) is 5.91 Å². The smallest absolute Gasteiger partial charge is 0.262 e. The summed E-state index contributed by atoms with van der Waals surface area (Å²) in [6.07, 6.45) is 0. The predicted octanol–water partition coefficient (Wildman–Crippen LogP) is 6.08. The summed E-state index contributed by atoms with van der Waals surface area (Å²) in [6, 6.07) is 18.4. The molecule has 0 aromatic heterocycles. The van der Waals surface area contributed by atoms with E-state index in [1.807, 2.05) is 57.2 Å². The zero-order valence-corrected chi connectivity index (χ0v) is 16.8. The standard InChI is InChI=1S/C23H22ClNO3/c1-15-11-16(2)17(3)22(12-15)27-14-23(26)25-20-13-18(24)9-10-21(20)28-19-7-5-4-6-8-19/h4-13H,14H2,1-3H3,(H,25,26). The lowest BCUT2D eigenvalue weighted by molar-refractivity contribution is -0.118. The Hall–Kier alpha value is -2.98. The highest BCUT2D eigenvalue weighted by atomic mass is 35.5. The van der Waals surface area contributed by atoms with Crippen molar-refractivity contribution >= 4 is 23.2 Å². The van der Waals surface area contributed by atoms with Crippen LogP contribution in [0.15, 0.2) is 60.7 Å². The van der Waals surface area contributed by atoms with E-state index < -0.39 is 0 Å². The number of hydrogen-bond acceptors (Lipinski definition) is 3. The molecule has 0 bridgehead atoms. The number of carbonyl (C=O) groups is 1. The number of benzene rings is 3. The van der Waals surface area contributed by atoms with Crippen molar-refractivity contribution in [3.8, 4) is 17.2 Å². The molecule has 0 aliphatic carbocycles. The van der Waals surface area contributed by atoms with Crippen LogP contribution in [0.25, 0.3) is 0 Å². The Morgan fingerprint density at radius 1 is 0.964 bits per heavy atom. The van der Waals surface area contributed by atoms with Crippen molar-refractivity contribution in [2.24, 2.45) is 0 Å². The fourth-order valence-corrected chi connectivity index (χ4v) is 2.96. The van der Waals surface area contributed by atoms with E-state index in [2.05, 4.69) is 11.4 Å². The molecule has 0 saturated carbocycles. The first kappa shape index (κ1) is 19.8. The van der Waals surface area contributed by atoms with E-state index >= 15 is 0 Å². The molecular weight excluding hydrogens is 374 g/mol. The molecule has 1 N–H and O–H groups in total. The van der Waals surface area contributed by atoms with Gasteiger partial charge in [0.15, 0.2) is 12.4 Å². The molecule has 0 aliphatic heterocycles. The van der Waals surface area contributed by atoms with E-state index in [0.717, 1.165) is 16.7 Å². The van der Waals surface area contributed by atoms with Crippen molar-refractivity contribution in [2.75, 3.05) is 11.9 Å². The fraction of sp³-hybridized carbons (Fsp3) is 0.174. The van der Waals surface area contributed by atoms with Crippen LogP contribution in [0.5, 0.6) is 17.2 Å². The van der Waals surface area contributed by atoms with E-state index in [-0.39, 0.29) is 12.5 Å². The van der Waals surface area contributed by atoms with Crippen molar-refractivity contribution in [2.45, 2.75) is 20.8 Å². The van der Waals surface area contributed by atoms with Crippen LogP contribution in [-0.2, 0) is 4.79 Å². The second-order valence-electron chi connectivity index (χ2n) is 6.60. The Bertz CT molecular complexity index is 987. The third-order valence-electron chi connectivity index (χ3n) is 4.31. The number of ether oxygens (including phenoxy) is 2. The Labute approximate surface area is 170 Å². The number of rotatable bonds is 6. The maximum Gasteiger partial charge on any atom is 0.262 e. The van der Waals surface area contributed by atoms with E-state index in [1.165, 1.54) is 0 Å². The van der Waals surface area contributed by atoms with Gasteiger partial charge in [0.1, 0.15) is 11.5 Å². The van der Waals surface area contributed by atoms with Crippen molar-refractivity contribution in [1.82, 2.24) is 0 Å². The van der Waals surface area contributed by atoms with Crippen LogP contribution in [0.4, 0.5) is 5.69 Å². The monoisotopic (exact) mass is 395 g/mol. The minimum atomic E-state index is -0.293. The highest BCUT2D eigenvalue weighted by Gasteiger charge is 2.12. The average Bonchev–Trinajstić information content (AvgIpc) is 2.66. The molecule has 0 atom stereocenters. The summed E-state index contributed by atoms with van der Waals surface area (Å²) in [7, 11) is 0. The number of amides is 1. The average molecular weight is 396 g/mol. The summed E-state index contributed by atoms with van der Waals surface area (Å²) in [4.78, 5) is 12.4. The number of halogens is 1. The van der Waals surface area contributed by atoms with Gasteiger partial charge in [0.05, 0.1) is 5.69 Å². The first-order valence-electron chi connectivity index (χ1n) is 8.95. The predicted molar refractivity (Wildman–Crippen MR) is 113 cm³/mol. The molecule has 0 saturated heterocycles. The van der Waals surface area contributed by atoms with E-state index in [0.29, 0.717) is 28.0 Å². The largest absolute Gasteiger partial charge is 0.483 e. The van der Waals surface area contributed by atoms with Crippen LogP contribution in [0, 0.1) is 20.8 Å². The zero-order chi connectivity index (χ0) is 20.1. The molecule has 3 aromatic carbocycles. The molecule has 0 fully saturated rings. The molecule has 144 valence electrons. The number of carbonyl (C=O) groups excluding carboxylic acids is 1. The number of hydrogen-bond donors (Lipinski definition) is 1. The molecule has 3 aromatic rings. The van der Waals surface area contributed by atoms with Gasteiger partial charge in [-0.15, -0.1) is 0 Å². The lowest BCUT2D eigenvalue weighted by Gasteiger charge is -2.14. The number of nitrogens with one attached hydrogen (secondary N) is 1. The molecular formula is C23H22ClNO3. The van der Waals surface area contributed by atoms with E-state index in [1.54, 1.807) is 18.2 Å². The second-order valence-corrected chi connectivity index (χ2v) is 7.03. The highest BCUT2D eigenvalue weighted by Crippen LogP contribution is 2.32. The molecule has 0 radical (unpaired) electrons. The molecule has 0 unspecified atom stereocenters. The van der Waals surface area contributed by atoms with Gasteiger partial charge in [-0.25, -0.2) is 0 Å². The van der Waals surface area contributed by atoms with Crippen LogP contribution >= 0.6 is 11.6 Å². The summed E-state index contributed by atoms with van der Waals surface area (Å²) in [5.41, 5.74) is 3.73. The summed E-state index contributed by atoms with van der Waals surface area (Å²) >= 11 is 6.09. The maximum absolute atomic E-state index is 12.4. The first-order chi connectivity index (χ1) is 13.4. The van der Waals surface area contributed by atoms with Crippen molar-refractivity contribution in [3.63, 3.8) is 0 Å². The Morgan fingerprint density at radius 2 is 1.71 bits per heavy atom. The van der Waals surface area contributed by atoms with Gasteiger partial charge in [-0.2, -0.15) is 0 Å². The summed E-state index contributed by atoms with van der Waals surface area (Å²) in [6.45, 7) is 5.89. The maximum atomic E-state index is 12.4. The third kappa shape index (κ3) is 5.05. The molecule has 5 heteroatoms. The molecule has 0 heterocycles. The molecule has 28 heavy (non-hydrogen) atoms. The number of para-hydroxylation sites is 1. The fourth-order valence-electron chi connectivity index (χ4n) is 2.78. The zero-order valence-electron chi connectivity index (χ0n) is 16.1. The Morgan fingerprint density at radius 3 is 2.46 bits per heavy atom.